The molecule has 1 fully saturated rings. The second-order valence-electron chi connectivity index (χ2n) is 6.92. The molecule has 1 aliphatic heterocycles. The number of benzene rings is 3. The molecular formula is C24H19IN2O5. The fourth-order valence-corrected chi connectivity index (χ4v) is 4.33. The van der Waals surface area contributed by atoms with Gasteiger partial charge in [-0.05, 0) is 64.7 Å². The minimum atomic E-state index is -0.785. The Morgan fingerprint density at radius 1 is 1.06 bits per heavy atom. The van der Waals surface area contributed by atoms with Gasteiger partial charge >= 0.3 is 6.03 Å². The van der Waals surface area contributed by atoms with E-state index in [-0.39, 0.29) is 5.57 Å². The Hall–Kier alpha value is -3.40. The first-order valence-corrected chi connectivity index (χ1v) is 10.9. The number of hydrogen-bond donors (Lipinski definition) is 1. The molecule has 162 valence electrons. The Morgan fingerprint density at radius 3 is 2.56 bits per heavy atom. The van der Waals surface area contributed by atoms with Crippen molar-refractivity contribution >= 4 is 63.0 Å². The predicted octanol–water partition coefficient (Wildman–Crippen LogP) is 4.52. The van der Waals surface area contributed by atoms with Crippen LogP contribution in [0.25, 0.3) is 16.8 Å². The second kappa shape index (κ2) is 8.99. The quantitative estimate of drug-likeness (QED) is 0.291. The van der Waals surface area contributed by atoms with Crippen molar-refractivity contribution in [2.24, 2.45) is 0 Å². The predicted molar refractivity (Wildman–Crippen MR) is 130 cm³/mol. The van der Waals surface area contributed by atoms with E-state index in [1.165, 1.54) is 13.2 Å². The molecule has 3 aromatic carbocycles. The normalized spacial score (nSPS) is 15.3. The molecule has 32 heavy (non-hydrogen) atoms. The summed E-state index contributed by atoms with van der Waals surface area (Å²) in [5.41, 5.74) is 0.822. The molecule has 1 N–H and O–H groups in total. The Labute approximate surface area is 198 Å². The van der Waals surface area contributed by atoms with Gasteiger partial charge in [-0.25, -0.2) is 9.69 Å². The lowest BCUT2D eigenvalue weighted by Crippen LogP contribution is -2.54. The number of methoxy groups -OCH3 is 1. The van der Waals surface area contributed by atoms with Crippen molar-refractivity contribution in [1.29, 1.82) is 0 Å². The Bertz CT molecular complexity index is 1280. The molecule has 4 rings (SSSR count). The standard InChI is InChI=1S/C24H19IN2O5/c1-3-32-21-18(25)12-14(13-20(21)31-2)11-17-22(28)26-24(30)27(23(17)29)19-10-6-8-15-7-4-5-9-16(15)19/h4-13H,3H2,1-2H3,(H,26,28,30)/b17-11+. The Morgan fingerprint density at radius 2 is 1.81 bits per heavy atom. The van der Waals surface area contributed by atoms with Gasteiger partial charge in [-0.1, -0.05) is 36.4 Å². The molecule has 1 saturated heterocycles. The first kappa shape index (κ1) is 21.8. The molecule has 4 amide bonds. The number of halogens is 1. The number of urea groups is 1. The third-order valence-corrected chi connectivity index (χ3v) is 5.76. The van der Waals surface area contributed by atoms with Crippen molar-refractivity contribution in [1.82, 2.24) is 5.32 Å². The summed E-state index contributed by atoms with van der Waals surface area (Å²) >= 11 is 2.10. The van der Waals surface area contributed by atoms with Crippen LogP contribution in [0.1, 0.15) is 12.5 Å². The van der Waals surface area contributed by atoms with Crippen LogP contribution >= 0.6 is 22.6 Å². The van der Waals surface area contributed by atoms with E-state index in [0.717, 1.165) is 19.2 Å². The molecule has 1 heterocycles. The average Bonchev–Trinajstić information content (AvgIpc) is 2.78. The summed E-state index contributed by atoms with van der Waals surface area (Å²) in [6.45, 7) is 2.34. The molecule has 8 heteroatoms. The van der Waals surface area contributed by atoms with Crippen molar-refractivity contribution in [3.8, 4) is 11.5 Å². The molecule has 0 aliphatic carbocycles. The smallest absolute Gasteiger partial charge is 0.335 e. The van der Waals surface area contributed by atoms with E-state index >= 15 is 0 Å². The van der Waals surface area contributed by atoms with Crippen molar-refractivity contribution in [3.05, 3.63) is 69.3 Å². The number of barbiturate groups is 1. The van der Waals surface area contributed by atoms with Crippen LogP contribution in [-0.2, 0) is 9.59 Å². The van der Waals surface area contributed by atoms with Crippen molar-refractivity contribution in [2.45, 2.75) is 6.92 Å². The highest BCUT2D eigenvalue weighted by molar-refractivity contribution is 14.1. The topological polar surface area (TPSA) is 84.9 Å². The molecule has 0 aromatic heterocycles. The maximum atomic E-state index is 13.3. The number of imide groups is 2. The van der Waals surface area contributed by atoms with Crippen LogP contribution in [0, 0.1) is 3.57 Å². The van der Waals surface area contributed by atoms with E-state index < -0.39 is 17.8 Å². The molecule has 0 bridgehead atoms. The van der Waals surface area contributed by atoms with E-state index in [1.54, 1.807) is 24.3 Å². The number of fused-ring (bicyclic) bond motifs is 1. The third-order valence-electron chi connectivity index (χ3n) is 4.96. The highest BCUT2D eigenvalue weighted by Gasteiger charge is 2.37. The van der Waals surface area contributed by atoms with E-state index in [9.17, 15) is 14.4 Å². The minimum Gasteiger partial charge on any atom is -0.493 e. The lowest BCUT2D eigenvalue weighted by atomic mass is 10.0. The van der Waals surface area contributed by atoms with Gasteiger partial charge in [0.15, 0.2) is 11.5 Å². The molecule has 7 nitrogen and oxygen atoms in total. The van der Waals surface area contributed by atoms with Crippen molar-refractivity contribution in [3.63, 3.8) is 0 Å². The molecular weight excluding hydrogens is 523 g/mol. The van der Waals surface area contributed by atoms with Gasteiger partial charge in [0.1, 0.15) is 5.57 Å². The van der Waals surface area contributed by atoms with Crippen molar-refractivity contribution in [2.75, 3.05) is 18.6 Å². The summed E-state index contributed by atoms with van der Waals surface area (Å²) < 4.78 is 11.8. The zero-order valence-electron chi connectivity index (χ0n) is 17.3. The van der Waals surface area contributed by atoms with Gasteiger partial charge in [0.2, 0.25) is 0 Å². The van der Waals surface area contributed by atoms with Gasteiger partial charge in [0, 0.05) is 5.39 Å². The summed E-state index contributed by atoms with van der Waals surface area (Å²) in [7, 11) is 1.52. The van der Waals surface area contributed by atoms with Gasteiger partial charge in [0.05, 0.1) is 23.0 Å². The van der Waals surface area contributed by atoms with Crippen molar-refractivity contribution < 1.29 is 23.9 Å². The summed E-state index contributed by atoms with van der Waals surface area (Å²) in [6, 6.07) is 15.4. The van der Waals surface area contributed by atoms with E-state index in [0.29, 0.717) is 29.4 Å². The fraction of sp³-hybridized carbons (Fsp3) is 0.125. The van der Waals surface area contributed by atoms with Crippen LogP contribution in [-0.4, -0.2) is 31.6 Å². The number of amides is 4. The number of rotatable bonds is 5. The fourth-order valence-electron chi connectivity index (χ4n) is 3.55. The highest BCUT2D eigenvalue weighted by atomic mass is 127. The molecule has 0 radical (unpaired) electrons. The second-order valence-corrected chi connectivity index (χ2v) is 8.09. The largest absolute Gasteiger partial charge is 0.493 e. The zero-order valence-corrected chi connectivity index (χ0v) is 19.5. The summed E-state index contributed by atoms with van der Waals surface area (Å²) in [6.07, 6.45) is 1.45. The van der Waals surface area contributed by atoms with Crippen LogP contribution in [0.5, 0.6) is 11.5 Å². The lowest BCUT2D eigenvalue weighted by Gasteiger charge is -2.27. The van der Waals surface area contributed by atoms with Crippen LogP contribution in [0.2, 0.25) is 0 Å². The van der Waals surface area contributed by atoms with Crippen LogP contribution in [0.15, 0.2) is 60.2 Å². The van der Waals surface area contributed by atoms with Crippen LogP contribution in [0.3, 0.4) is 0 Å². The molecule has 0 atom stereocenters. The van der Waals surface area contributed by atoms with Crippen LogP contribution in [0.4, 0.5) is 10.5 Å². The molecule has 1 aliphatic rings. The number of carbonyl (C=O) groups is 3. The number of nitrogens with one attached hydrogen (secondary N) is 1. The average molecular weight is 542 g/mol. The minimum absolute atomic E-state index is 0.153. The molecule has 0 spiro atoms. The molecule has 0 saturated carbocycles. The van der Waals surface area contributed by atoms with Crippen LogP contribution < -0.4 is 19.7 Å². The maximum absolute atomic E-state index is 13.3. The number of anilines is 1. The number of carbonyl (C=O) groups excluding carboxylic acids is 3. The lowest BCUT2D eigenvalue weighted by molar-refractivity contribution is -0.122. The summed E-state index contributed by atoms with van der Waals surface area (Å²) in [5, 5.41) is 3.87. The van der Waals surface area contributed by atoms with E-state index in [1.807, 2.05) is 37.3 Å². The summed E-state index contributed by atoms with van der Waals surface area (Å²) in [5.74, 6) is -0.377. The van der Waals surface area contributed by atoms with E-state index in [4.69, 9.17) is 9.47 Å². The third kappa shape index (κ3) is 3.93. The molecule has 3 aromatic rings. The maximum Gasteiger partial charge on any atom is 0.335 e. The van der Waals surface area contributed by atoms with E-state index in [2.05, 4.69) is 27.9 Å². The van der Waals surface area contributed by atoms with Gasteiger partial charge in [-0.2, -0.15) is 0 Å². The van der Waals surface area contributed by atoms with Gasteiger partial charge < -0.3 is 9.47 Å². The molecule has 0 unspecified atom stereocenters. The first-order valence-electron chi connectivity index (χ1n) is 9.84. The Kier molecular flexibility index (Phi) is 6.13. The monoisotopic (exact) mass is 542 g/mol. The van der Waals surface area contributed by atoms with Gasteiger partial charge in [0.25, 0.3) is 11.8 Å². The number of hydrogen-bond acceptors (Lipinski definition) is 5. The van der Waals surface area contributed by atoms with Gasteiger partial charge in [-0.15, -0.1) is 0 Å². The SMILES string of the molecule is CCOc1c(I)cc(/C=C2\C(=O)NC(=O)N(c3cccc4ccccc34)C2=O)cc1OC. The zero-order chi connectivity index (χ0) is 22.8. The summed E-state index contributed by atoms with van der Waals surface area (Å²) in [4.78, 5) is 39.5. The number of ether oxygens (including phenoxy) is 2. The highest BCUT2D eigenvalue weighted by Crippen LogP contribution is 2.35. The first-order chi connectivity index (χ1) is 15.4. The Balaban J connectivity index is 1.79. The number of nitrogens with zero attached hydrogens (tertiary/aromatic N) is 1. The van der Waals surface area contributed by atoms with Gasteiger partial charge in [-0.3, -0.25) is 14.9 Å².